The zero-order valence-corrected chi connectivity index (χ0v) is 11.3. The fourth-order valence-electron chi connectivity index (χ4n) is 1.46. The van der Waals surface area contributed by atoms with Crippen molar-refractivity contribution in [2.75, 3.05) is 13.6 Å². The summed E-state index contributed by atoms with van der Waals surface area (Å²) in [7, 11) is 1.88. The van der Waals surface area contributed by atoms with Crippen LogP contribution in [-0.2, 0) is 12.3 Å². The standard InChI is InChI=1S/C11H13N7S/c1-13-5-6-18-11(15-16-17-18)19-8-9-3-2-4-14-10(9)7-12/h2-4,13H,5-6,8H2,1H3. The second-order valence-corrected chi connectivity index (χ2v) is 4.64. The van der Waals surface area contributed by atoms with E-state index in [9.17, 15) is 0 Å². The lowest BCUT2D eigenvalue weighted by molar-refractivity contribution is 0.530. The van der Waals surface area contributed by atoms with E-state index in [4.69, 9.17) is 5.26 Å². The van der Waals surface area contributed by atoms with Crippen molar-refractivity contribution >= 4 is 11.8 Å². The number of tetrazole rings is 1. The molecule has 0 aliphatic carbocycles. The summed E-state index contributed by atoms with van der Waals surface area (Å²) in [5, 5.41) is 24.3. The first-order valence-electron chi connectivity index (χ1n) is 5.72. The molecule has 2 aromatic rings. The van der Waals surface area contributed by atoms with E-state index in [1.807, 2.05) is 19.2 Å². The predicted molar refractivity (Wildman–Crippen MR) is 70.3 cm³/mol. The van der Waals surface area contributed by atoms with Crippen molar-refractivity contribution in [1.29, 1.82) is 5.26 Å². The highest BCUT2D eigenvalue weighted by atomic mass is 32.2. The first kappa shape index (κ1) is 13.5. The van der Waals surface area contributed by atoms with Crippen molar-refractivity contribution in [3.05, 3.63) is 29.6 Å². The van der Waals surface area contributed by atoms with Gasteiger partial charge in [-0.05, 0) is 29.1 Å². The molecule has 8 heteroatoms. The molecule has 7 nitrogen and oxygen atoms in total. The number of nitriles is 1. The van der Waals surface area contributed by atoms with Crippen LogP contribution in [0.15, 0.2) is 23.5 Å². The lowest BCUT2D eigenvalue weighted by Crippen LogP contribution is -2.16. The van der Waals surface area contributed by atoms with Crippen molar-refractivity contribution in [3.63, 3.8) is 0 Å². The molecule has 0 saturated carbocycles. The molecule has 0 spiro atoms. The van der Waals surface area contributed by atoms with Crippen molar-refractivity contribution in [2.45, 2.75) is 17.5 Å². The maximum Gasteiger partial charge on any atom is 0.209 e. The van der Waals surface area contributed by atoms with Gasteiger partial charge in [0, 0.05) is 18.5 Å². The van der Waals surface area contributed by atoms with Crippen LogP contribution in [0.5, 0.6) is 0 Å². The highest BCUT2D eigenvalue weighted by Crippen LogP contribution is 2.20. The monoisotopic (exact) mass is 275 g/mol. The first-order valence-corrected chi connectivity index (χ1v) is 6.71. The molecule has 2 aromatic heterocycles. The number of thioether (sulfide) groups is 1. The van der Waals surface area contributed by atoms with Gasteiger partial charge in [-0.3, -0.25) is 0 Å². The molecule has 0 atom stereocenters. The smallest absolute Gasteiger partial charge is 0.209 e. The zero-order chi connectivity index (χ0) is 13.5. The molecular weight excluding hydrogens is 262 g/mol. The molecule has 2 rings (SSSR count). The molecule has 98 valence electrons. The Hall–Kier alpha value is -1.98. The van der Waals surface area contributed by atoms with Gasteiger partial charge < -0.3 is 5.32 Å². The van der Waals surface area contributed by atoms with Crippen LogP contribution < -0.4 is 5.32 Å². The molecule has 0 aliphatic rings. The molecule has 0 amide bonds. The Labute approximate surface area is 115 Å². The van der Waals surface area contributed by atoms with E-state index in [1.54, 1.807) is 10.9 Å². The molecule has 0 bridgehead atoms. The molecular formula is C11H13N7S. The predicted octanol–water partition coefficient (Wildman–Crippen LogP) is 0.451. The van der Waals surface area contributed by atoms with Crippen LogP contribution in [0.1, 0.15) is 11.3 Å². The summed E-state index contributed by atoms with van der Waals surface area (Å²) in [5.41, 5.74) is 1.34. The topological polar surface area (TPSA) is 92.3 Å². The minimum atomic E-state index is 0.448. The molecule has 0 aromatic carbocycles. The van der Waals surface area contributed by atoms with Gasteiger partial charge in [-0.1, -0.05) is 17.8 Å². The number of nitrogens with zero attached hydrogens (tertiary/aromatic N) is 6. The third kappa shape index (κ3) is 3.49. The van der Waals surface area contributed by atoms with Crippen LogP contribution in [0.4, 0.5) is 0 Å². The van der Waals surface area contributed by atoms with Crippen LogP contribution in [0.2, 0.25) is 0 Å². The van der Waals surface area contributed by atoms with Gasteiger partial charge in [-0.25, -0.2) is 9.67 Å². The number of hydrogen-bond acceptors (Lipinski definition) is 7. The number of aromatic nitrogens is 5. The molecule has 0 aliphatic heterocycles. The van der Waals surface area contributed by atoms with Gasteiger partial charge in [0.05, 0.1) is 6.54 Å². The van der Waals surface area contributed by atoms with Gasteiger partial charge in [-0.2, -0.15) is 5.26 Å². The number of nitrogens with one attached hydrogen (secondary N) is 1. The van der Waals surface area contributed by atoms with E-state index >= 15 is 0 Å². The summed E-state index contributed by atoms with van der Waals surface area (Å²) >= 11 is 1.49. The maximum atomic E-state index is 8.97. The summed E-state index contributed by atoms with van der Waals surface area (Å²) < 4.78 is 1.74. The third-order valence-corrected chi connectivity index (χ3v) is 3.43. The van der Waals surface area contributed by atoms with Crippen LogP contribution in [0, 0.1) is 11.3 Å². The normalized spacial score (nSPS) is 10.3. The van der Waals surface area contributed by atoms with E-state index in [0.717, 1.165) is 17.3 Å². The SMILES string of the molecule is CNCCn1nnnc1SCc1cccnc1C#N. The quantitative estimate of drug-likeness (QED) is 0.765. The largest absolute Gasteiger partial charge is 0.318 e. The van der Waals surface area contributed by atoms with E-state index in [-0.39, 0.29) is 0 Å². The fraction of sp³-hybridized carbons (Fsp3) is 0.364. The summed E-state index contributed by atoms with van der Waals surface area (Å²) in [6.45, 7) is 1.51. The first-order chi connectivity index (χ1) is 9.35. The van der Waals surface area contributed by atoms with E-state index in [1.165, 1.54) is 11.8 Å². The Balaban J connectivity index is 2.03. The number of rotatable bonds is 6. The van der Waals surface area contributed by atoms with Crippen LogP contribution in [-0.4, -0.2) is 38.8 Å². The number of hydrogen-bond donors (Lipinski definition) is 1. The summed E-state index contributed by atoms with van der Waals surface area (Å²) in [4.78, 5) is 4.03. The second-order valence-electron chi connectivity index (χ2n) is 3.70. The maximum absolute atomic E-state index is 8.97. The summed E-state index contributed by atoms with van der Waals surface area (Å²) in [5.74, 6) is 0.622. The minimum absolute atomic E-state index is 0.448. The van der Waals surface area contributed by atoms with Gasteiger partial charge in [0.1, 0.15) is 11.8 Å². The van der Waals surface area contributed by atoms with Crippen molar-refractivity contribution in [1.82, 2.24) is 30.5 Å². The fourth-order valence-corrected chi connectivity index (χ4v) is 2.34. The molecule has 0 fully saturated rings. The van der Waals surface area contributed by atoms with E-state index < -0.39 is 0 Å². The Morgan fingerprint density at radius 1 is 1.53 bits per heavy atom. The van der Waals surface area contributed by atoms with Gasteiger partial charge in [-0.15, -0.1) is 5.10 Å². The molecule has 19 heavy (non-hydrogen) atoms. The van der Waals surface area contributed by atoms with Crippen LogP contribution >= 0.6 is 11.8 Å². The van der Waals surface area contributed by atoms with Crippen molar-refractivity contribution in [3.8, 4) is 6.07 Å². The summed E-state index contributed by atoms with van der Waals surface area (Å²) in [6.07, 6.45) is 1.61. The van der Waals surface area contributed by atoms with E-state index in [0.29, 0.717) is 18.0 Å². The average Bonchev–Trinajstić information content (AvgIpc) is 2.90. The number of pyridine rings is 1. The Morgan fingerprint density at radius 2 is 2.42 bits per heavy atom. The van der Waals surface area contributed by atoms with Crippen molar-refractivity contribution < 1.29 is 0 Å². The minimum Gasteiger partial charge on any atom is -0.318 e. The third-order valence-electron chi connectivity index (χ3n) is 2.43. The Morgan fingerprint density at radius 3 is 3.21 bits per heavy atom. The molecule has 0 saturated heterocycles. The van der Waals surface area contributed by atoms with E-state index in [2.05, 4.69) is 31.9 Å². The molecule has 0 unspecified atom stereocenters. The van der Waals surface area contributed by atoms with Crippen LogP contribution in [0.3, 0.4) is 0 Å². The van der Waals surface area contributed by atoms with Gasteiger partial charge in [0.2, 0.25) is 5.16 Å². The van der Waals surface area contributed by atoms with Gasteiger partial charge in [0.15, 0.2) is 0 Å². The van der Waals surface area contributed by atoms with Gasteiger partial charge >= 0.3 is 0 Å². The summed E-state index contributed by atoms with van der Waals surface area (Å²) in [6, 6.07) is 5.79. The molecule has 2 heterocycles. The molecule has 0 radical (unpaired) electrons. The van der Waals surface area contributed by atoms with Gasteiger partial charge in [0.25, 0.3) is 0 Å². The van der Waals surface area contributed by atoms with Crippen LogP contribution in [0.25, 0.3) is 0 Å². The van der Waals surface area contributed by atoms with Crippen molar-refractivity contribution in [2.24, 2.45) is 0 Å². The Bertz CT molecular complexity index is 574. The zero-order valence-electron chi connectivity index (χ0n) is 10.4. The molecule has 1 N–H and O–H groups in total. The highest BCUT2D eigenvalue weighted by Gasteiger charge is 2.09. The lowest BCUT2D eigenvalue weighted by atomic mass is 10.2. The average molecular weight is 275 g/mol. The second kappa shape index (κ2) is 6.82. The highest BCUT2D eigenvalue weighted by molar-refractivity contribution is 7.98. The Kier molecular flexibility index (Phi) is 4.83. The number of likely N-dealkylation sites (N-methyl/N-ethyl adjacent to an activating group) is 1. The lowest BCUT2D eigenvalue weighted by Gasteiger charge is -2.04.